The smallest absolute Gasteiger partial charge is 0.198 e. The van der Waals surface area contributed by atoms with Crippen molar-refractivity contribution in [2.24, 2.45) is 4.99 Å². The Hall–Kier alpha value is -1.19. The van der Waals surface area contributed by atoms with Crippen LogP contribution in [0.15, 0.2) is 17.3 Å². The van der Waals surface area contributed by atoms with E-state index in [0.29, 0.717) is 6.07 Å². The second-order valence-corrected chi connectivity index (χ2v) is 1.84. The average Bonchev–Trinajstić information content (AvgIpc) is 1.95. The number of hydrogen-bond donors (Lipinski definition) is 0. The van der Waals surface area contributed by atoms with Gasteiger partial charge in [-0.25, -0.2) is 13.8 Å². The van der Waals surface area contributed by atoms with E-state index in [1.165, 1.54) is 0 Å². The van der Waals surface area contributed by atoms with Crippen LogP contribution in [0.1, 0.15) is 0 Å². The summed E-state index contributed by atoms with van der Waals surface area (Å²) in [6.07, 6.45) is 0.856. The van der Waals surface area contributed by atoms with E-state index in [0.717, 1.165) is 6.20 Å². The SMILES string of the molecule is Fc1cnc(N=C=S)c(F)c1. The molecule has 11 heavy (non-hydrogen) atoms. The number of rotatable bonds is 1. The lowest BCUT2D eigenvalue weighted by Crippen LogP contribution is -1.83. The summed E-state index contributed by atoms with van der Waals surface area (Å²) in [7, 11) is 0. The molecule has 0 saturated carbocycles. The minimum atomic E-state index is -0.845. The minimum absolute atomic E-state index is 0.249. The number of aromatic nitrogens is 1. The maximum Gasteiger partial charge on any atom is 0.198 e. The van der Waals surface area contributed by atoms with Crippen molar-refractivity contribution in [2.45, 2.75) is 0 Å². The van der Waals surface area contributed by atoms with Crippen LogP contribution in [0, 0.1) is 11.6 Å². The second kappa shape index (κ2) is 3.27. The Labute approximate surface area is 66.6 Å². The highest BCUT2D eigenvalue weighted by Gasteiger charge is 2.01. The monoisotopic (exact) mass is 172 g/mol. The molecular formula is C6H2F2N2S. The van der Waals surface area contributed by atoms with Gasteiger partial charge in [0.05, 0.1) is 11.4 Å². The maximum absolute atomic E-state index is 12.6. The molecule has 0 radical (unpaired) electrons. The summed E-state index contributed by atoms with van der Waals surface area (Å²) >= 11 is 4.21. The van der Waals surface area contributed by atoms with E-state index in [-0.39, 0.29) is 5.82 Å². The van der Waals surface area contributed by atoms with Crippen molar-refractivity contribution in [2.75, 3.05) is 0 Å². The van der Waals surface area contributed by atoms with Crippen LogP contribution in [0.2, 0.25) is 0 Å². The first kappa shape index (κ1) is 7.91. The van der Waals surface area contributed by atoms with Gasteiger partial charge in [0.2, 0.25) is 0 Å². The topological polar surface area (TPSA) is 25.2 Å². The summed E-state index contributed by atoms with van der Waals surface area (Å²) in [6, 6.07) is 0.679. The van der Waals surface area contributed by atoms with Gasteiger partial charge in [-0.1, -0.05) is 0 Å². The third-order valence-electron chi connectivity index (χ3n) is 0.940. The van der Waals surface area contributed by atoms with Crippen LogP contribution in [-0.4, -0.2) is 10.1 Å². The summed E-state index contributed by atoms with van der Waals surface area (Å²) in [5, 5.41) is 1.93. The average molecular weight is 172 g/mol. The Morgan fingerprint density at radius 2 is 2.27 bits per heavy atom. The summed E-state index contributed by atoms with van der Waals surface area (Å²) in [5.74, 6) is -1.84. The molecular weight excluding hydrogens is 170 g/mol. The lowest BCUT2D eigenvalue weighted by molar-refractivity contribution is 0.575. The van der Waals surface area contributed by atoms with Gasteiger partial charge in [0.1, 0.15) is 5.82 Å². The molecule has 0 aliphatic rings. The Morgan fingerprint density at radius 3 is 2.82 bits per heavy atom. The number of aliphatic imine (C=N–C) groups is 1. The summed E-state index contributed by atoms with van der Waals surface area (Å²) in [4.78, 5) is 6.58. The molecule has 56 valence electrons. The third kappa shape index (κ3) is 1.86. The standard InChI is InChI=1S/C6H2F2N2S/c7-4-1-5(8)6(9-2-4)10-3-11/h1-2H. The van der Waals surface area contributed by atoms with E-state index in [1.807, 2.05) is 5.16 Å². The molecule has 1 rings (SSSR count). The summed E-state index contributed by atoms with van der Waals surface area (Å²) in [5.41, 5.74) is 0. The van der Waals surface area contributed by atoms with Gasteiger partial charge in [0, 0.05) is 6.07 Å². The molecule has 1 aromatic rings. The predicted octanol–water partition coefficient (Wildman–Crippen LogP) is 2.09. The Bertz CT molecular complexity index is 320. The molecule has 1 aromatic heterocycles. The van der Waals surface area contributed by atoms with Crippen LogP contribution < -0.4 is 0 Å². The van der Waals surface area contributed by atoms with E-state index in [9.17, 15) is 8.78 Å². The molecule has 0 amide bonds. The molecule has 0 fully saturated rings. The molecule has 1 heterocycles. The van der Waals surface area contributed by atoms with Gasteiger partial charge < -0.3 is 0 Å². The zero-order valence-corrected chi connectivity index (χ0v) is 6.03. The van der Waals surface area contributed by atoms with Gasteiger partial charge in [-0.2, -0.15) is 4.99 Å². The van der Waals surface area contributed by atoms with Gasteiger partial charge in [0.25, 0.3) is 0 Å². The molecule has 0 unspecified atom stereocenters. The van der Waals surface area contributed by atoms with Gasteiger partial charge in [-0.3, -0.25) is 0 Å². The van der Waals surface area contributed by atoms with Crippen LogP contribution in [0.5, 0.6) is 0 Å². The van der Waals surface area contributed by atoms with Gasteiger partial charge in [-0.15, -0.1) is 0 Å². The summed E-state index contributed by atoms with van der Waals surface area (Å²) in [6.45, 7) is 0. The lowest BCUT2D eigenvalue weighted by atomic mass is 10.4. The van der Waals surface area contributed by atoms with Gasteiger partial charge >= 0.3 is 0 Å². The molecule has 0 spiro atoms. The van der Waals surface area contributed by atoms with Crippen LogP contribution in [-0.2, 0) is 0 Å². The fourth-order valence-electron chi connectivity index (χ4n) is 0.533. The lowest BCUT2D eigenvalue weighted by Gasteiger charge is -1.91. The zero-order chi connectivity index (χ0) is 8.27. The molecule has 5 heteroatoms. The van der Waals surface area contributed by atoms with Crippen molar-refractivity contribution in [3.05, 3.63) is 23.9 Å². The van der Waals surface area contributed by atoms with Crippen LogP contribution >= 0.6 is 12.2 Å². The predicted molar refractivity (Wildman–Crippen MR) is 38.8 cm³/mol. The number of nitrogens with zero attached hydrogens (tertiary/aromatic N) is 2. The van der Waals surface area contributed by atoms with Crippen molar-refractivity contribution < 1.29 is 8.78 Å². The molecule has 0 aliphatic carbocycles. The Balaban J connectivity index is 3.19. The highest BCUT2D eigenvalue weighted by molar-refractivity contribution is 7.78. The third-order valence-corrected chi connectivity index (χ3v) is 1.03. The summed E-state index contributed by atoms with van der Waals surface area (Å²) < 4.78 is 24.8. The quantitative estimate of drug-likeness (QED) is 0.478. The largest absolute Gasteiger partial charge is 0.231 e. The highest BCUT2D eigenvalue weighted by Crippen LogP contribution is 2.13. The van der Waals surface area contributed by atoms with Crippen LogP contribution in [0.25, 0.3) is 0 Å². The van der Waals surface area contributed by atoms with Gasteiger partial charge in [0.15, 0.2) is 11.6 Å². The van der Waals surface area contributed by atoms with E-state index in [2.05, 4.69) is 22.2 Å². The fourth-order valence-corrected chi connectivity index (χ4v) is 0.619. The molecule has 0 bridgehead atoms. The molecule has 2 nitrogen and oxygen atoms in total. The molecule has 0 atom stereocenters. The van der Waals surface area contributed by atoms with Gasteiger partial charge in [-0.05, 0) is 12.2 Å². The number of halogens is 2. The van der Waals surface area contributed by atoms with Crippen LogP contribution in [0.3, 0.4) is 0 Å². The van der Waals surface area contributed by atoms with Crippen molar-refractivity contribution in [1.82, 2.24) is 4.98 Å². The molecule has 0 aromatic carbocycles. The fraction of sp³-hybridized carbons (Fsp3) is 0. The van der Waals surface area contributed by atoms with Crippen molar-refractivity contribution in [3.63, 3.8) is 0 Å². The van der Waals surface area contributed by atoms with Crippen molar-refractivity contribution in [3.8, 4) is 0 Å². The number of thiocarbonyl (C=S) groups is 1. The Kier molecular flexibility index (Phi) is 2.36. The van der Waals surface area contributed by atoms with E-state index in [4.69, 9.17) is 0 Å². The van der Waals surface area contributed by atoms with E-state index in [1.54, 1.807) is 0 Å². The maximum atomic E-state index is 12.6. The minimum Gasteiger partial charge on any atom is -0.231 e. The highest BCUT2D eigenvalue weighted by atomic mass is 32.1. The number of hydrogen-bond acceptors (Lipinski definition) is 3. The number of isothiocyanates is 1. The second-order valence-electron chi connectivity index (χ2n) is 1.66. The van der Waals surface area contributed by atoms with E-state index >= 15 is 0 Å². The van der Waals surface area contributed by atoms with Crippen molar-refractivity contribution in [1.29, 1.82) is 0 Å². The van der Waals surface area contributed by atoms with Crippen molar-refractivity contribution >= 4 is 23.2 Å². The van der Waals surface area contributed by atoms with E-state index < -0.39 is 11.6 Å². The normalized spacial score (nSPS) is 8.91. The zero-order valence-electron chi connectivity index (χ0n) is 5.21. The molecule has 0 N–H and O–H groups in total. The first-order valence-electron chi connectivity index (χ1n) is 2.63. The number of pyridine rings is 1. The Morgan fingerprint density at radius 1 is 1.55 bits per heavy atom. The first-order valence-corrected chi connectivity index (χ1v) is 3.04. The first-order chi connectivity index (χ1) is 5.24. The van der Waals surface area contributed by atoms with Crippen LogP contribution in [0.4, 0.5) is 14.6 Å². The molecule has 0 saturated heterocycles. The molecule has 0 aliphatic heterocycles.